The fraction of sp³-hybridized carbons (Fsp3) is 0.857. The summed E-state index contributed by atoms with van der Waals surface area (Å²) >= 11 is 0. The third kappa shape index (κ3) is 70.0. The van der Waals surface area contributed by atoms with Crippen LogP contribution < -0.4 is 0 Å². The summed E-state index contributed by atoms with van der Waals surface area (Å²) in [4.78, 5) is 38.4. The van der Waals surface area contributed by atoms with Crippen molar-refractivity contribution in [2.24, 2.45) is 0 Å². The Kier molecular flexibility index (Phi) is 69.6. The number of esters is 3. The van der Waals surface area contributed by atoms with Crippen molar-refractivity contribution in [3.63, 3.8) is 0 Å². The van der Waals surface area contributed by atoms with Gasteiger partial charge in [0.1, 0.15) is 13.2 Å². The molecule has 0 amide bonds. The average molecular weight is 1160 g/mol. The van der Waals surface area contributed by atoms with Gasteiger partial charge in [-0.2, -0.15) is 0 Å². The maximum absolute atomic E-state index is 13.0. The van der Waals surface area contributed by atoms with Gasteiger partial charge in [0, 0.05) is 19.3 Å². The summed E-state index contributed by atoms with van der Waals surface area (Å²) in [6, 6.07) is 0. The van der Waals surface area contributed by atoms with Crippen molar-refractivity contribution in [1.82, 2.24) is 0 Å². The first kappa shape index (κ1) is 80.4. The lowest BCUT2D eigenvalue weighted by Crippen LogP contribution is -2.30. The van der Waals surface area contributed by atoms with Crippen molar-refractivity contribution < 1.29 is 28.6 Å². The molecule has 0 aliphatic carbocycles. The van der Waals surface area contributed by atoms with E-state index in [9.17, 15) is 14.4 Å². The van der Waals surface area contributed by atoms with Crippen molar-refractivity contribution in [2.45, 2.75) is 412 Å². The van der Waals surface area contributed by atoms with Crippen LogP contribution in [0.2, 0.25) is 0 Å². The Morgan fingerprint density at radius 3 is 0.687 bits per heavy atom. The normalized spacial score (nSPS) is 12.3. The molecule has 0 bridgehead atoms. The summed E-state index contributed by atoms with van der Waals surface area (Å²) in [6.07, 6.45) is 91.6. The monoisotopic (exact) mass is 1160 g/mol. The van der Waals surface area contributed by atoms with E-state index in [0.29, 0.717) is 19.3 Å². The number of ether oxygens (including phenoxy) is 3. The molecule has 0 radical (unpaired) electrons. The predicted octanol–water partition coefficient (Wildman–Crippen LogP) is 25.7. The van der Waals surface area contributed by atoms with E-state index in [1.807, 2.05) is 0 Å². The summed E-state index contributed by atoms with van der Waals surface area (Å²) in [5, 5.41) is 0. The van der Waals surface area contributed by atoms with Crippen LogP contribution in [0.25, 0.3) is 0 Å². The molecule has 0 aromatic heterocycles. The standard InChI is InChI=1S/C77H142O6/c1-4-7-10-13-16-19-22-24-26-28-30-32-34-36-37-38-39-41-42-44-46-48-50-52-55-58-61-64-67-70-76(79)82-73-74(72-81-75(78)69-66-63-60-57-54-21-18-15-12-9-6-3)83-77(80)71-68-65-62-59-56-53-51-49-47-45-43-40-35-33-31-29-27-25-23-20-17-14-11-8-5-2/h22,24,28-31,34,36,74H,4-21,23,25-27,32-33,35,37-73H2,1-3H3/b24-22-,30-28-,31-29-,36-34-. The predicted molar refractivity (Wildman–Crippen MR) is 362 cm³/mol. The molecule has 0 aromatic rings. The maximum atomic E-state index is 13.0. The molecule has 0 fully saturated rings. The Morgan fingerprint density at radius 2 is 0.434 bits per heavy atom. The number of hydrogen-bond acceptors (Lipinski definition) is 6. The quantitative estimate of drug-likeness (QED) is 0.0261. The smallest absolute Gasteiger partial charge is 0.306 e. The third-order valence-corrected chi connectivity index (χ3v) is 16.8. The molecular weight excluding hydrogens is 1020 g/mol. The van der Waals surface area contributed by atoms with Gasteiger partial charge < -0.3 is 14.2 Å². The molecule has 1 atom stereocenters. The molecule has 486 valence electrons. The second kappa shape index (κ2) is 71.8. The second-order valence-corrected chi connectivity index (χ2v) is 25.2. The van der Waals surface area contributed by atoms with Gasteiger partial charge in [0.25, 0.3) is 0 Å². The van der Waals surface area contributed by atoms with Crippen LogP contribution in [-0.2, 0) is 28.6 Å². The number of hydrogen-bond donors (Lipinski definition) is 0. The van der Waals surface area contributed by atoms with Gasteiger partial charge in [0.05, 0.1) is 0 Å². The molecule has 0 aromatic carbocycles. The minimum atomic E-state index is -0.771. The van der Waals surface area contributed by atoms with Gasteiger partial charge in [-0.1, -0.05) is 352 Å². The Balaban J connectivity index is 4.16. The summed E-state index contributed by atoms with van der Waals surface area (Å²) in [6.45, 7) is 6.69. The molecule has 0 rings (SSSR count). The van der Waals surface area contributed by atoms with Crippen molar-refractivity contribution in [3.8, 4) is 0 Å². The van der Waals surface area contributed by atoms with Gasteiger partial charge in [0.2, 0.25) is 0 Å². The van der Waals surface area contributed by atoms with Crippen molar-refractivity contribution in [3.05, 3.63) is 48.6 Å². The first-order valence-electron chi connectivity index (χ1n) is 37.1. The van der Waals surface area contributed by atoms with Crippen LogP contribution in [0.5, 0.6) is 0 Å². The van der Waals surface area contributed by atoms with Crippen LogP contribution in [0, 0.1) is 0 Å². The molecule has 0 saturated heterocycles. The summed E-state index contributed by atoms with van der Waals surface area (Å²) in [5.41, 5.74) is 0. The molecule has 83 heavy (non-hydrogen) atoms. The Labute approximate surface area is 518 Å². The van der Waals surface area contributed by atoms with Gasteiger partial charge in [-0.15, -0.1) is 0 Å². The number of unbranched alkanes of at least 4 members (excludes halogenated alkanes) is 50. The third-order valence-electron chi connectivity index (χ3n) is 16.8. The van der Waals surface area contributed by atoms with E-state index in [2.05, 4.69) is 69.4 Å². The van der Waals surface area contributed by atoms with Crippen molar-refractivity contribution in [2.75, 3.05) is 13.2 Å². The average Bonchev–Trinajstić information content (AvgIpc) is 3.48. The fourth-order valence-corrected chi connectivity index (χ4v) is 11.2. The molecule has 0 aliphatic heterocycles. The Hall–Kier alpha value is -2.63. The van der Waals surface area contributed by atoms with Crippen LogP contribution in [0.15, 0.2) is 48.6 Å². The van der Waals surface area contributed by atoms with E-state index in [1.165, 1.54) is 295 Å². The lowest BCUT2D eigenvalue weighted by Gasteiger charge is -2.18. The first-order valence-corrected chi connectivity index (χ1v) is 37.1. The van der Waals surface area contributed by atoms with Crippen molar-refractivity contribution in [1.29, 1.82) is 0 Å². The molecule has 0 spiro atoms. The SMILES string of the molecule is CCCCCCC/C=C\C/C=C\C/C=C\CCCCCCCCCCCCCCCCC(=O)OCC(COC(=O)CCCCCCCCCCCCC)OC(=O)CCCCCCCCCCCCCCC/C=C\CCCCCCCCCC. The van der Waals surface area contributed by atoms with Gasteiger partial charge in [0.15, 0.2) is 6.10 Å². The number of carbonyl (C=O) groups is 3. The summed E-state index contributed by atoms with van der Waals surface area (Å²) in [7, 11) is 0. The number of rotatable bonds is 69. The number of allylic oxidation sites excluding steroid dienone is 8. The molecule has 6 nitrogen and oxygen atoms in total. The zero-order valence-electron chi connectivity index (χ0n) is 56.0. The zero-order chi connectivity index (χ0) is 59.9. The molecule has 0 N–H and O–H groups in total. The Bertz CT molecular complexity index is 1430. The van der Waals surface area contributed by atoms with Gasteiger partial charge >= 0.3 is 17.9 Å². The van der Waals surface area contributed by atoms with Gasteiger partial charge in [-0.3, -0.25) is 14.4 Å². The summed E-state index contributed by atoms with van der Waals surface area (Å²) < 4.78 is 17.0. The Morgan fingerprint density at radius 1 is 0.241 bits per heavy atom. The van der Waals surface area contributed by atoms with E-state index in [4.69, 9.17) is 14.2 Å². The second-order valence-electron chi connectivity index (χ2n) is 25.2. The fourth-order valence-electron chi connectivity index (χ4n) is 11.2. The molecular formula is C77H142O6. The van der Waals surface area contributed by atoms with Crippen LogP contribution in [0.3, 0.4) is 0 Å². The van der Waals surface area contributed by atoms with Crippen LogP contribution in [-0.4, -0.2) is 37.2 Å². The lowest BCUT2D eigenvalue weighted by molar-refractivity contribution is -0.167. The van der Waals surface area contributed by atoms with E-state index in [0.717, 1.165) is 70.6 Å². The first-order chi connectivity index (χ1) is 41.0. The maximum Gasteiger partial charge on any atom is 0.306 e. The topological polar surface area (TPSA) is 78.9 Å². The highest BCUT2D eigenvalue weighted by molar-refractivity contribution is 5.71. The largest absolute Gasteiger partial charge is 0.462 e. The van der Waals surface area contributed by atoms with E-state index in [1.54, 1.807) is 0 Å². The van der Waals surface area contributed by atoms with E-state index in [-0.39, 0.29) is 31.1 Å². The lowest BCUT2D eigenvalue weighted by atomic mass is 10.0. The van der Waals surface area contributed by atoms with Crippen molar-refractivity contribution >= 4 is 17.9 Å². The van der Waals surface area contributed by atoms with E-state index >= 15 is 0 Å². The summed E-state index contributed by atoms with van der Waals surface area (Å²) in [5.74, 6) is -0.841. The molecule has 1 unspecified atom stereocenters. The highest BCUT2D eigenvalue weighted by atomic mass is 16.6. The molecule has 0 aliphatic rings. The molecule has 0 heterocycles. The minimum Gasteiger partial charge on any atom is -0.462 e. The minimum absolute atomic E-state index is 0.0677. The molecule has 6 heteroatoms. The highest BCUT2D eigenvalue weighted by Crippen LogP contribution is 2.18. The van der Waals surface area contributed by atoms with Crippen LogP contribution in [0.4, 0.5) is 0 Å². The highest BCUT2D eigenvalue weighted by Gasteiger charge is 2.19. The molecule has 0 saturated carbocycles. The van der Waals surface area contributed by atoms with Crippen LogP contribution >= 0.6 is 0 Å². The van der Waals surface area contributed by atoms with Gasteiger partial charge in [-0.25, -0.2) is 0 Å². The van der Waals surface area contributed by atoms with Crippen LogP contribution in [0.1, 0.15) is 406 Å². The van der Waals surface area contributed by atoms with Gasteiger partial charge in [-0.05, 0) is 83.5 Å². The zero-order valence-corrected chi connectivity index (χ0v) is 56.0. The number of carbonyl (C=O) groups excluding carboxylic acids is 3. The van der Waals surface area contributed by atoms with E-state index < -0.39 is 6.10 Å².